The Morgan fingerprint density at radius 1 is 1.23 bits per heavy atom. The molecule has 1 aliphatic heterocycles. The highest BCUT2D eigenvalue weighted by molar-refractivity contribution is 6.32. The lowest BCUT2D eigenvalue weighted by Crippen LogP contribution is -2.74. The van der Waals surface area contributed by atoms with Crippen LogP contribution in [-0.2, 0) is 25.6 Å². The SMILES string of the molecule is COc1c(C2CCCN2CCO)cc(O)c2c1CC1CC3C(N(C)C)C(=O)C(C(N)=O)C(=O)C3(O)C(=O)C1C2=O. The van der Waals surface area contributed by atoms with Gasteiger partial charge in [-0.15, -0.1) is 0 Å². The Bertz CT molecular complexity index is 1310. The number of rotatable bonds is 6. The number of amides is 1. The van der Waals surface area contributed by atoms with Crippen LogP contribution in [0.3, 0.4) is 0 Å². The quantitative estimate of drug-likeness (QED) is 0.314. The van der Waals surface area contributed by atoms with Crippen LogP contribution in [0.25, 0.3) is 0 Å². The number of Topliss-reactive ketones (excluding diaryl/α,β-unsaturated/α-hetero) is 4. The fourth-order valence-electron chi connectivity index (χ4n) is 7.74. The summed E-state index contributed by atoms with van der Waals surface area (Å²) in [6, 6.07) is 0.145. The number of fused-ring (bicyclic) bond motifs is 3. The van der Waals surface area contributed by atoms with E-state index in [9.17, 15) is 39.3 Å². The predicted molar refractivity (Wildman–Crippen MR) is 139 cm³/mol. The third kappa shape index (κ3) is 3.84. The van der Waals surface area contributed by atoms with Crippen LogP contribution in [-0.4, -0.2) is 107 Å². The van der Waals surface area contributed by atoms with E-state index in [0.29, 0.717) is 23.4 Å². The second-order valence-electron chi connectivity index (χ2n) is 11.6. The summed E-state index contributed by atoms with van der Waals surface area (Å²) >= 11 is 0. The molecule has 1 aromatic carbocycles. The van der Waals surface area contributed by atoms with Gasteiger partial charge in [-0.3, -0.25) is 33.8 Å². The maximum absolute atomic E-state index is 13.9. The van der Waals surface area contributed by atoms with Crippen molar-refractivity contribution in [2.45, 2.75) is 43.4 Å². The molecule has 1 aromatic rings. The first kappa shape index (κ1) is 28.3. The van der Waals surface area contributed by atoms with Crippen LogP contribution in [0.15, 0.2) is 6.07 Å². The predicted octanol–water partition coefficient (Wildman–Crippen LogP) is -0.995. The number of hydrogen-bond donors (Lipinski definition) is 4. The van der Waals surface area contributed by atoms with E-state index in [1.165, 1.54) is 18.1 Å². The van der Waals surface area contributed by atoms with E-state index in [1.807, 2.05) is 0 Å². The van der Waals surface area contributed by atoms with Crippen molar-refractivity contribution in [3.05, 3.63) is 22.8 Å². The van der Waals surface area contributed by atoms with Crippen LogP contribution in [0.2, 0.25) is 0 Å². The number of primary amides is 1. The summed E-state index contributed by atoms with van der Waals surface area (Å²) in [4.78, 5) is 70.1. The van der Waals surface area contributed by atoms with Gasteiger partial charge in [-0.25, -0.2) is 0 Å². The Morgan fingerprint density at radius 3 is 2.52 bits per heavy atom. The van der Waals surface area contributed by atoms with E-state index in [4.69, 9.17) is 10.5 Å². The second kappa shape index (κ2) is 10.0. The van der Waals surface area contributed by atoms with Crippen molar-refractivity contribution in [1.29, 1.82) is 0 Å². The number of nitrogens with zero attached hydrogens (tertiary/aromatic N) is 2. The van der Waals surface area contributed by atoms with Gasteiger partial charge in [-0.05, 0) is 58.3 Å². The number of aromatic hydroxyl groups is 1. The van der Waals surface area contributed by atoms with E-state index >= 15 is 0 Å². The largest absolute Gasteiger partial charge is 0.507 e. The Balaban J connectivity index is 1.62. The number of nitrogens with two attached hydrogens (primary N) is 1. The number of ketones is 4. The number of benzene rings is 1. The van der Waals surface area contributed by atoms with Crippen LogP contribution in [0.1, 0.15) is 46.8 Å². The first-order valence-corrected chi connectivity index (χ1v) is 13.5. The van der Waals surface area contributed by atoms with Gasteiger partial charge in [0.25, 0.3) is 0 Å². The molecule has 0 bridgehead atoms. The van der Waals surface area contributed by atoms with Crippen molar-refractivity contribution < 1.29 is 44.0 Å². The van der Waals surface area contributed by atoms with Gasteiger partial charge in [-0.2, -0.15) is 0 Å². The van der Waals surface area contributed by atoms with Crippen LogP contribution >= 0.6 is 0 Å². The number of β-amino-alcohol motifs (C(OH)–C–C–N with tert-alkyl or cyclic N) is 1. The summed E-state index contributed by atoms with van der Waals surface area (Å²) in [5, 5.41) is 32.3. The van der Waals surface area contributed by atoms with Crippen molar-refractivity contribution in [2.24, 2.45) is 29.4 Å². The number of hydrogen-bond acceptors (Lipinski definition) is 11. The third-order valence-corrected chi connectivity index (χ3v) is 9.35. The number of aliphatic hydroxyl groups excluding tert-OH is 1. The zero-order valence-corrected chi connectivity index (χ0v) is 22.8. The average molecular weight is 558 g/mol. The zero-order valence-electron chi connectivity index (χ0n) is 22.8. The molecule has 7 atom stereocenters. The Kier molecular flexibility index (Phi) is 7.10. The number of phenolic OH excluding ortho intramolecular Hbond substituents is 1. The fourth-order valence-corrected chi connectivity index (χ4v) is 7.74. The topological polar surface area (TPSA) is 188 Å². The van der Waals surface area contributed by atoms with Crippen molar-refractivity contribution in [2.75, 3.05) is 40.9 Å². The molecule has 2 saturated carbocycles. The van der Waals surface area contributed by atoms with E-state index in [-0.39, 0.29) is 36.8 Å². The summed E-state index contributed by atoms with van der Waals surface area (Å²) in [5.41, 5.74) is 3.60. The second-order valence-corrected chi connectivity index (χ2v) is 11.6. The van der Waals surface area contributed by atoms with E-state index in [0.717, 1.165) is 19.4 Å². The Morgan fingerprint density at radius 2 is 1.93 bits per heavy atom. The molecule has 4 aliphatic rings. The molecule has 1 heterocycles. The molecule has 7 unspecified atom stereocenters. The monoisotopic (exact) mass is 557 g/mol. The molecule has 40 heavy (non-hydrogen) atoms. The number of phenols is 1. The van der Waals surface area contributed by atoms with Gasteiger partial charge in [-0.1, -0.05) is 0 Å². The maximum Gasteiger partial charge on any atom is 0.235 e. The average Bonchev–Trinajstić information content (AvgIpc) is 3.34. The van der Waals surface area contributed by atoms with Crippen molar-refractivity contribution in [3.63, 3.8) is 0 Å². The smallest absolute Gasteiger partial charge is 0.235 e. The normalized spacial score (nSPS) is 34.0. The molecule has 3 aliphatic carbocycles. The molecule has 0 spiro atoms. The molecular formula is C28H35N3O9. The van der Waals surface area contributed by atoms with Crippen molar-refractivity contribution >= 4 is 29.0 Å². The van der Waals surface area contributed by atoms with Gasteiger partial charge in [0.1, 0.15) is 11.5 Å². The van der Waals surface area contributed by atoms with Crippen LogP contribution < -0.4 is 10.5 Å². The highest BCUT2D eigenvalue weighted by atomic mass is 16.5. The number of methoxy groups -OCH3 is 1. The first-order valence-electron chi connectivity index (χ1n) is 13.5. The molecule has 5 rings (SSSR count). The highest BCUT2D eigenvalue weighted by Crippen LogP contribution is 2.53. The van der Waals surface area contributed by atoms with E-state index in [2.05, 4.69) is 4.90 Å². The minimum Gasteiger partial charge on any atom is -0.507 e. The lowest BCUT2D eigenvalue weighted by atomic mass is 9.52. The molecular weight excluding hydrogens is 522 g/mol. The lowest BCUT2D eigenvalue weighted by molar-refractivity contribution is -0.181. The number of likely N-dealkylation sites (N-methyl/N-ethyl adjacent to an activating group) is 1. The lowest BCUT2D eigenvalue weighted by Gasteiger charge is -2.52. The molecule has 0 radical (unpaired) electrons. The summed E-state index contributed by atoms with van der Waals surface area (Å²) in [6.45, 7) is 1.15. The fraction of sp³-hybridized carbons (Fsp3) is 0.607. The number of likely N-dealkylation sites (tertiary alicyclic amines) is 1. The van der Waals surface area contributed by atoms with Crippen LogP contribution in [0, 0.1) is 23.7 Å². The third-order valence-electron chi connectivity index (χ3n) is 9.35. The van der Waals surface area contributed by atoms with Gasteiger partial charge in [0, 0.05) is 29.6 Å². The van der Waals surface area contributed by atoms with Gasteiger partial charge in [0.2, 0.25) is 5.91 Å². The summed E-state index contributed by atoms with van der Waals surface area (Å²) in [6.07, 6.45) is 1.74. The summed E-state index contributed by atoms with van der Waals surface area (Å²) < 4.78 is 5.80. The number of aliphatic hydroxyl groups is 2. The van der Waals surface area contributed by atoms with Gasteiger partial charge < -0.3 is 25.8 Å². The van der Waals surface area contributed by atoms with Crippen LogP contribution in [0.4, 0.5) is 0 Å². The van der Waals surface area contributed by atoms with Gasteiger partial charge >= 0.3 is 0 Å². The Labute approximate surface area is 231 Å². The van der Waals surface area contributed by atoms with E-state index in [1.54, 1.807) is 14.1 Å². The zero-order chi connectivity index (χ0) is 29.3. The summed E-state index contributed by atoms with van der Waals surface area (Å²) in [5.74, 6) is -10.4. The molecule has 1 saturated heterocycles. The molecule has 12 heteroatoms. The minimum absolute atomic E-state index is 0.0297. The summed E-state index contributed by atoms with van der Waals surface area (Å²) in [7, 11) is 4.55. The molecule has 1 amide bonds. The number of ether oxygens (including phenoxy) is 1. The number of carbonyl (C=O) groups excluding carboxylic acids is 5. The molecule has 216 valence electrons. The molecule has 3 fully saturated rings. The van der Waals surface area contributed by atoms with Gasteiger partial charge in [0.15, 0.2) is 34.7 Å². The molecule has 12 nitrogen and oxygen atoms in total. The highest BCUT2D eigenvalue weighted by Gasteiger charge is 2.69. The molecule has 5 N–H and O–H groups in total. The van der Waals surface area contributed by atoms with Gasteiger partial charge in [0.05, 0.1) is 31.2 Å². The van der Waals surface area contributed by atoms with Crippen molar-refractivity contribution in [3.8, 4) is 11.5 Å². The van der Waals surface area contributed by atoms with E-state index < -0.39 is 64.4 Å². The van der Waals surface area contributed by atoms with Crippen LogP contribution in [0.5, 0.6) is 11.5 Å². The van der Waals surface area contributed by atoms with Crippen molar-refractivity contribution in [1.82, 2.24) is 9.80 Å². The standard InChI is InChI=1S/C28H35N3O9/c1-30(2)21-15-10-12-9-14-19(17(33)11-13(24(14)40-3)16-5-4-6-31(16)7-8-32)22(34)18(12)25(36)28(15,39)26(37)20(23(21)35)27(29)38/h11-12,15-16,18,20-21,32-33,39H,4-10H2,1-3H3,(H2,29,38). The first-order chi connectivity index (χ1) is 18.9. The minimum atomic E-state index is -2.76. The number of carbonyl (C=O) groups is 5. The molecule has 0 aromatic heterocycles. The Hall–Kier alpha value is -3.19. The maximum atomic E-state index is 13.9.